The molecule has 3 nitrogen and oxygen atoms in total. The molecule has 0 saturated carbocycles. The molecule has 0 aliphatic rings. The molecule has 1 aromatic heterocycles. The fourth-order valence-electron chi connectivity index (χ4n) is 3.23. The SMILES string of the molecule is COc1ncccc1-c1ccccc1C(=C=O)Cc1c(C)cccc1C. The Morgan fingerprint density at radius 1 is 0.962 bits per heavy atom. The molecular formula is C23H21NO2. The van der Waals surface area contributed by atoms with Gasteiger partial charge in [-0.15, -0.1) is 0 Å². The third kappa shape index (κ3) is 3.44. The quantitative estimate of drug-likeness (QED) is 0.623. The Morgan fingerprint density at radius 2 is 1.65 bits per heavy atom. The summed E-state index contributed by atoms with van der Waals surface area (Å²) in [7, 11) is 1.60. The van der Waals surface area contributed by atoms with Crippen molar-refractivity contribution in [1.82, 2.24) is 4.98 Å². The summed E-state index contributed by atoms with van der Waals surface area (Å²) in [6, 6.07) is 17.8. The Morgan fingerprint density at radius 3 is 2.35 bits per heavy atom. The number of nitrogens with zero attached hydrogens (tertiary/aromatic N) is 1. The molecule has 0 aliphatic carbocycles. The normalized spacial score (nSPS) is 10.3. The van der Waals surface area contributed by atoms with Gasteiger partial charge in [-0.05, 0) is 53.8 Å². The minimum absolute atomic E-state index is 0.539. The molecule has 0 radical (unpaired) electrons. The summed E-state index contributed by atoms with van der Waals surface area (Å²) >= 11 is 0. The number of methoxy groups -OCH3 is 1. The molecular weight excluding hydrogens is 322 g/mol. The second kappa shape index (κ2) is 7.81. The zero-order chi connectivity index (χ0) is 18.5. The highest BCUT2D eigenvalue weighted by Crippen LogP contribution is 2.34. The van der Waals surface area contributed by atoms with Gasteiger partial charge in [0, 0.05) is 23.8 Å². The van der Waals surface area contributed by atoms with Crippen LogP contribution in [0.2, 0.25) is 0 Å². The van der Waals surface area contributed by atoms with E-state index in [4.69, 9.17) is 4.74 Å². The summed E-state index contributed by atoms with van der Waals surface area (Å²) < 4.78 is 5.41. The summed E-state index contributed by atoms with van der Waals surface area (Å²) in [6.45, 7) is 4.14. The van der Waals surface area contributed by atoms with Crippen molar-refractivity contribution in [3.05, 3.63) is 83.0 Å². The van der Waals surface area contributed by atoms with E-state index in [1.807, 2.05) is 42.5 Å². The van der Waals surface area contributed by atoms with Crippen molar-refractivity contribution >= 4 is 11.5 Å². The first kappa shape index (κ1) is 17.7. The van der Waals surface area contributed by atoms with Gasteiger partial charge in [-0.2, -0.15) is 0 Å². The lowest BCUT2D eigenvalue weighted by atomic mass is 9.89. The van der Waals surface area contributed by atoms with Crippen molar-refractivity contribution in [1.29, 1.82) is 0 Å². The van der Waals surface area contributed by atoms with E-state index in [0.29, 0.717) is 17.9 Å². The maximum atomic E-state index is 11.9. The topological polar surface area (TPSA) is 39.2 Å². The molecule has 0 aliphatic heterocycles. The Bertz CT molecular complexity index is 965. The lowest BCUT2D eigenvalue weighted by molar-refractivity contribution is 0.399. The Balaban J connectivity index is 2.10. The summed E-state index contributed by atoms with van der Waals surface area (Å²) in [5, 5.41) is 0. The van der Waals surface area contributed by atoms with Crippen LogP contribution in [0.4, 0.5) is 0 Å². The molecule has 0 fully saturated rings. The highest BCUT2D eigenvalue weighted by atomic mass is 16.5. The van der Waals surface area contributed by atoms with E-state index in [-0.39, 0.29) is 0 Å². The number of aryl methyl sites for hydroxylation is 2. The first-order chi connectivity index (χ1) is 12.7. The Labute approximate surface area is 154 Å². The molecule has 0 N–H and O–H groups in total. The molecule has 3 rings (SSSR count). The highest BCUT2D eigenvalue weighted by molar-refractivity contribution is 5.95. The number of ether oxygens (including phenoxy) is 1. The van der Waals surface area contributed by atoms with Crippen molar-refractivity contribution in [2.24, 2.45) is 0 Å². The summed E-state index contributed by atoms with van der Waals surface area (Å²) in [5.74, 6) is 2.71. The zero-order valence-corrected chi connectivity index (χ0v) is 15.2. The van der Waals surface area contributed by atoms with Crippen molar-refractivity contribution in [3.8, 4) is 17.0 Å². The molecule has 0 spiro atoms. The van der Waals surface area contributed by atoms with Crippen LogP contribution in [-0.4, -0.2) is 18.0 Å². The number of allylic oxidation sites excluding steroid dienone is 1. The number of aromatic nitrogens is 1. The first-order valence-electron chi connectivity index (χ1n) is 8.53. The molecule has 0 bridgehead atoms. The van der Waals surface area contributed by atoms with E-state index in [2.05, 4.69) is 36.9 Å². The summed E-state index contributed by atoms with van der Waals surface area (Å²) in [6.07, 6.45) is 2.24. The fraction of sp³-hybridized carbons (Fsp3) is 0.174. The number of benzene rings is 2. The van der Waals surface area contributed by atoms with Gasteiger partial charge in [0.25, 0.3) is 0 Å². The van der Waals surface area contributed by atoms with E-state index in [1.165, 1.54) is 16.7 Å². The van der Waals surface area contributed by atoms with Crippen LogP contribution < -0.4 is 4.74 Å². The van der Waals surface area contributed by atoms with Gasteiger partial charge in [0.2, 0.25) is 5.88 Å². The lowest BCUT2D eigenvalue weighted by Gasteiger charge is -2.15. The number of carbonyl (C=O) groups excluding carboxylic acids is 1. The lowest BCUT2D eigenvalue weighted by Crippen LogP contribution is -2.00. The van der Waals surface area contributed by atoms with Gasteiger partial charge in [-0.1, -0.05) is 42.5 Å². The largest absolute Gasteiger partial charge is 0.481 e. The number of hydrogen-bond acceptors (Lipinski definition) is 3. The molecule has 0 saturated heterocycles. The van der Waals surface area contributed by atoms with Crippen LogP contribution in [-0.2, 0) is 11.2 Å². The third-order valence-electron chi connectivity index (χ3n) is 4.63. The minimum Gasteiger partial charge on any atom is -0.481 e. The van der Waals surface area contributed by atoms with Crippen LogP contribution in [0.1, 0.15) is 22.3 Å². The highest BCUT2D eigenvalue weighted by Gasteiger charge is 2.16. The van der Waals surface area contributed by atoms with Gasteiger partial charge in [0.05, 0.1) is 7.11 Å². The Hall–Kier alpha value is -3.16. The number of rotatable bonds is 5. The average Bonchev–Trinajstić information content (AvgIpc) is 2.68. The van der Waals surface area contributed by atoms with Crippen LogP contribution in [0.5, 0.6) is 5.88 Å². The van der Waals surface area contributed by atoms with E-state index < -0.39 is 0 Å². The van der Waals surface area contributed by atoms with Gasteiger partial charge >= 0.3 is 0 Å². The standard InChI is InChI=1S/C23H21NO2/c1-16-8-6-9-17(2)22(16)14-18(15-25)19-10-4-5-11-20(19)21-12-7-13-24-23(21)26-3/h4-13H,14H2,1-3H3. The second-order valence-corrected chi connectivity index (χ2v) is 6.23. The number of pyridine rings is 1. The zero-order valence-electron chi connectivity index (χ0n) is 15.2. The van der Waals surface area contributed by atoms with Crippen molar-refractivity contribution in [2.75, 3.05) is 7.11 Å². The van der Waals surface area contributed by atoms with Gasteiger partial charge < -0.3 is 4.74 Å². The van der Waals surface area contributed by atoms with E-state index in [1.54, 1.807) is 13.3 Å². The maximum absolute atomic E-state index is 11.9. The molecule has 0 unspecified atom stereocenters. The van der Waals surface area contributed by atoms with Crippen LogP contribution in [0, 0.1) is 13.8 Å². The van der Waals surface area contributed by atoms with Gasteiger partial charge in [0.15, 0.2) is 0 Å². The van der Waals surface area contributed by atoms with E-state index in [9.17, 15) is 4.79 Å². The minimum atomic E-state index is 0.539. The third-order valence-corrected chi connectivity index (χ3v) is 4.63. The van der Waals surface area contributed by atoms with Crippen LogP contribution in [0.25, 0.3) is 16.7 Å². The molecule has 2 aromatic carbocycles. The van der Waals surface area contributed by atoms with Crippen LogP contribution >= 0.6 is 0 Å². The predicted molar refractivity (Wildman–Crippen MR) is 105 cm³/mol. The van der Waals surface area contributed by atoms with E-state index in [0.717, 1.165) is 16.7 Å². The van der Waals surface area contributed by atoms with Crippen molar-refractivity contribution in [2.45, 2.75) is 20.3 Å². The molecule has 1 heterocycles. The van der Waals surface area contributed by atoms with Crippen molar-refractivity contribution in [3.63, 3.8) is 0 Å². The predicted octanol–water partition coefficient (Wildman–Crippen LogP) is 4.83. The molecule has 0 amide bonds. The summed E-state index contributed by atoms with van der Waals surface area (Å²) in [5.41, 5.74) is 6.78. The molecule has 130 valence electrons. The summed E-state index contributed by atoms with van der Waals surface area (Å²) in [4.78, 5) is 16.1. The average molecular weight is 343 g/mol. The van der Waals surface area contributed by atoms with Crippen LogP contribution in [0.3, 0.4) is 0 Å². The fourth-order valence-corrected chi connectivity index (χ4v) is 3.23. The molecule has 0 atom stereocenters. The van der Waals surface area contributed by atoms with Crippen molar-refractivity contribution < 1.29 is 9.53 Å². The second-order valence-electron chi connectivity index (χ2n) is 6.23. The monoisotopic (exact) mass is 343 g/mol. The number of hydrogen-bond donors (Lipinski definition) is 0. The maximum Gasteiger partial charge on any atom is 0.221 e. The van der Waals surface area contributed by atoms with Gasteiger partial charge in [-0.3, -0.25) is 0 Å². The van der Waals surface area contributed by atoms with E-state index >= 15 is 0 Å². The molecule has 3 heteroatoms. The van der Waals surface area contributed by atoms with Gasteiger partial charge in [-0.25, -0.2) is 9.78 Å². The van der Waals surface area contributed by atoms with Gasteiger partial charge in [0.1, 0.15) is 5.94 Å². The Kier molecular flexibility index (Phi) is 5.31. The molecule has 26 heavy (non-hydrogen) atoms. The molecule has 3 aromatic rings. The first-order valence-corrected chi connectivity index (χ1v) is 8.53. The smallest absolute Gasteiger partial charge is 0.221 e. The van der Waals surface area contributed by atoms with Crippen LogP contribution in [0.15, 0.2) is 60.8 Å².